The van der Waals surface area contributed by atoms with Crippen LogP contribution < -0.4 is 19.5 Å². The van der Waals surface area contributed by atoms with E-state index in [-0.39, 0.29) is 11.9 Å². The molecule has 1 amide bonds. The third-order valence-electron chi connectivity index (χ3n) is 3.83. The molecule has 1 aliphatic heterocycles. The number of para-hydroxylation sites is 1. The van der Waals surface area contributed by atoms with E-state index in [0.29, 0.717) is 23.7 Å². The minimum atomic E-state index is -0.171. The summed E-state index contributed by atoms with van der Waals surface area (Å²) in [6, 6.07) is 12.9. The molecule has 2 aromatic carbocycles. The average Bonchev–Trinajstić information content (AvgIpc) is 2.61. The first-order valence-corrected chi connectivity index (χ1v) is 7.44. The third kappa shape index (κ3) is 3.39. The minimum Gasteiger partial charge on any atom is -0.497 e. The molecule has 23 heavy (non-hydrogen) atoms. The molecule has 0 saturated carbocycles. The fourth-order valence-corrected chi connectivity index (χ4v) is 2.63. The quantitative estimate of drug-likeness (QED) is 0.942. The fraction of sp³-hybridized carbons (Fsp3) is 0.278. The number of benzene rings is 2. The Morgan fingerprint density at radius 2 is 1.83 bits per heavy atom. The SMILES string of the molecule is COc1cc(OC)cc(C(=O)NC2COc3ccccc3C2)c1. The molecule has 5 heteroatoms. The van der Waals surface area contributed by atoms with Crippen molar-refractivity contribution in [1.82, 2.24) is 5.32 Å². The second kappa shape index (κ2) is 6.60. The van der Waals surface area contributed by atoms with Gasteiger partial charge in [0.2, 0.25) is 0 Å². The first kappa shape index (κ1) is 15.2. The van der Waals surface area contributed by atoms with E-state index < -0.39 is 0 Å². The number of carbonyl (C=O) groups is 1. The predicted molar refractivity (Wildman–Crippen MR) is 86.4 cm³/mol. The second-order valence-electron chi connectivity index (χ2n) is 5.39. The zero-order chi connectivity index (χ0) is 16.2. The summed E-state index contributed by atoms with van der Waals surface area (Å²) in [5, 5.41) is 3.00. The van der Waals surface area contributed by atoms with Crippen LogP contribution in [-0.4, -0.2) is 32.8 Å². The molecule has 0 saturated heterocycles. The number of amides is 1. The second-order valence-corrected chi connectivity index (χ2v) is 5.39. The van der Waals surface area contributed by atoms with E-state index in [0.717, 1.165) is 17.7 Å². The zero-order valence-electron chi connectivity index (χ0n) is 13.2. The van der Waals surface area contributed by atoms with Gasteiger partial charge in [0.1, 0.15) is 23.9 Å². The lowest BCUT2D eigenvalue weighted by Crippen LogP contribution is -2.42. The van der Waals surface area contributed by atoms with Gasteiger partial charge in [0.05, 0.1) is 20.3 Å². The maximum absolute atomic E-state index is 12.5. The van der Waals surface area contributed by atoms with E-state index in [1.54, 1.807) is 32.4 Å². The average molecular weight is 313 g/mol. The van der Waals surface area contributed by atoms with Crippen molar-refractivity contribution in [3.05, 3.63) is 53.6 Å². The summed E-state index contributed by atoms with van der Waals surface area (Å²) >= 11 is 0. The number of methoxy groups -OCH3 is 2. The summed E-state index contributed by atoms with van der Waals surface area (Å²) < 4.78 is 16.1. The van der Waals surface area contributed by atoms with Gasteiger partial charge in [-0.15, -0.1) is 0 Å². The lowest BCUT2D eigenvalue weighted by Gasteiger charge is -2.26. The molecule has 3 rings (SSSR count). The third-order valence-corrected chi connectivity index (χ3v) is 3.83. The summed E-state index contributed by atoms with van der Waals surface area (Å²) in [4.78, 5) is 12.5. The number of hydrogen-bond acceptors (Lipinski definition) is 4. The predicted octanol–water partition coefficient (Wildman–Crippen LogP) is 2.44. The van der Waals surface area contributed by atoms with E-state index in [4.69, 9.17) is 14.2 Å². The molecular formula is C18H19NO4. The van der Waals surface area contributed by atoms with Crippen molar-refractivity contribution >= 4 is 5.91 Å². The molecule has 0 bridgehead atoms. The Morgan fingerprint density at radius 1 is 1.13 bits per heavy atom. The Bertz CT molecular complexity index is 692. The van der Waals surface area contributed by atoms with Crippen molar-refractivity contribution in [2.75, 3.05) is 20.8 Å². The van der Waals surface area contributed by atoms with Gasteiger partial charge in [-0.1, -0.05) is 18.2 Å². The molecule has 0 aliphatic carbocycles. The molecule has 5 nitrogen and oxygen atoms in total. The van der Waals surface area contributed by atoms with E-state index in [1.807, 2.05) is 24.3 Å². The minimum absolute atomic E-state index is 0.0606. The number of rotatable bonds is 4. The molecule has 0 fully saturated rings. The van der Waals surface area contributed by atoms with Crippen LogP contribution in [0.3, 0.4) is 0 Å². The highest BCUT2D eigenvalue weighted by Gasteiger charge is 2.22. The lowest BCUT2D eigenvalue weighted by molar-refractivity contribution is 0.0914. The van der Waals surface area contributed by atoms with E-state index >= 15 is 0 Å². The molecule has 120 valence electrons. The number of nitrogens with one attached hydrogen (secondary N) is 1. The summed E-state index contributed by atoms with van der Waals surface area (Å²) in [6.45, 7) is 0.462. The van der Waals surface area contributed by atoms with Crippen LogP contribution in [0.15, 0.2) is 42.5 Å². The van der Waals surface area contributed by atoms with E-state index in [1.165, 1.54) is 0 Å². The van der Waals surface area contributed by atoms with Crippen molar-refractivity contribution in [3.8, 4) is 17.2 Å². The van der Waals surface area contributed by atoms with Crippen LogP contribution >= 0.6 is 0 Å². The van der Waals surface area contributed by atoms with Gasteiger partial charge >= 0.3 is 0 Å². The Kier molecular flexibility index (Phi) is 4.37. The maximum Gasteiger partial charge on any atom is 0.251 e. The van der Waals surface area contributed by atoms with Crippen LogP contribution in [0.2, 0.25) is 0 Å². The Labute approximate surface area is 135 Å². The lowest BCUT2D eigenvalue weighted by atomic mass is 10.0. The van der Waals surface area contributed by atoms with Crippen molar-refractivity contribution in [1.29, 1.82) is 0 Å². The van der Waals surface area contributed by atoms with Crippen LogP contribution in [0.1, 0.15) is 15.9 Å². The Balaban J connectivity index is 1.73. The number of hydrogen-bond donors (Lipinski definition) is 1. The summed E-state index contributed by atoms with van der Waals surface area (Å²) in [5.41, 5.74) is 1.60. The van der Waals surface area contributed by atoms with Crippen LogP contribution in [0.4, 0.5) is 0 Å². The van der Waals surface area contributed by atoms with Crippen molar-refractivity contribution in [3.63, 3.8) is 0 Å². The molecule has 1 atom stereocenters. The number of ether oxygens (including phenoxy) is 3. The van der Waals surface area contributed by atoms with Crippen LogP contribution in [0, 0.1) is 0 Å². The maximum atomic E-state index is 12.5. The first-order chi connectivity index (χ1) is 11.2. The Hall–Kier alpha value is -2.69. The molecule has 0 aromatic heterocycles. The van der Waals surface area contributed by atoms with Gasteiger partial charge in [-0.05, 0) is 30.2 Å². The molecule has 0 spiro atoms. The van der Waals surface area contributed by atoms with Gasteiger partial charge in [-0.2, -0.15) is 0 Å². The molecule has 1 unspecified atom stereocenters. The Morgan fingerprint density at radius 3 is 2.52 bits per heavy atom. The number of fused-ring (bicyclic) bond motifs is 1. The van der Waals surface area contributed by atoms with Gasteiger partial charge in [-0.25, -0.2) is 0 Å². The molecular weight excluding hydrogens is 294 g/mol. The zero-order valence-corrected chi connectivity index (χ0v) is 13.2. The van der Waals surface area contributed by atoms with Gasteiger partial charge in [0.25, 0.3) is 5.91 Å². The highest BCUT2D eigenvalue weighted by atomic mass is 16.5. The van der Waals surface area contributed by atoms with Crippen molar-refractivity contribution < 1.29 is 19.0 Å². The molecule has 1 aliphatic rings. The van der Waals surface area contributed by atoms with E-state index in [2.05, 4.69) is 5.32 Å². The monoisotopic (exact) mass is 313 g/mol. The largest absolute Gasteiger partial charge is 0.497 e. The number of carbonyl (C=O) groups excluding carboxylic acids is 1. The van der Waals surface area contributed by atoms with Crippen LogP contribution in [0.25, 0.3) is 0 Å². The van der Waals surface area contributed by atoms with Crippen molar-refractivity contribution in [2.45, 2.75) is 12.5 Å². The molecule has 1 heterocycles. The van der Waals surface area contributed by atoms with Crippen LogP contribution in [0.5, 0.6) is 17.2 Å². The standard InChI is InChI=1S/C18H19NO4/c1-21-15-8-13(9-16(10-15)22-2)18(20)19-14-7-12-5-3-4-6-17(12)23-11-14/h3-6,8-10,14H,7,11H2,1-2H3,(H,19,20). The highest BCUT2D eigenvalue weighted by Crippen LogP contribution is 2.25. The van der Waals surface area contributed by atoms with E-state index in [9.17, 15) is 4.79 Å². The topological polar surface area (TPSA) is 56.8 Å². The smallest absolute Gasteiger partial charge is 0.251 e. The first-order valence-electron chi connectivity index (χ1n) is 7.44. The van der Waals surface area contributed by atoms with Gasteiger partial charge in [0.15, 0.2) is 0 Å². The molecule has 2 aromatic rings. The van der Waals surface area contributed by atoms with Crippen molar-refractivity contribution in [2.24, 2.45) is 0 Å². The van der Waals surface area contributed by atoms with Crippen LogP contribution in [-0.2, 0) is 6.42 Å². The van der Waals surface area contributed by atoms with Gasteiger partial charge < -0.3 is 19.5 Å². The summed E-state index contributed by atoms with van der Waals surface area (Å²) in [7, 11) is 3.12. The fourth-order valence-electron chi connectivity index (χ4n) is 2.63. The summed E-state index contributed by atoms with van der Waals surface area (Å²) in [5.74, 6) is 1.88. The summed E-state index contributed by atoms with van der Waals surface area (Å²) in [6.07, 6.45) is 0.753. The van der Waals surface area contributed by atoms with Gasteiger partial charge in [0, 0.05) is 11.6 Å². The highest BCUT2D eigenvalue weighted by molar-refractivity contribution is 5.95. The van der Waals surface area contributed by atoms with Gasteiger partial charge in [-0.3, -0.25) is 4.79 Å². The molecule has 0 radical (unpaired) electrons. The molecule has 1 N–H and O–H groups in total. The normalized spacial score (nSPS) is 16.0.